The molecule has 0 aliphatic heterocycles. The molecule has 0 spiro atoms. The topological polar surface area (TPSA) is 21.3 Å². The van der Waals surface area contributed by atoms with Gasteiger partial charge in [0.05, 0.1) is 5.69 Å². The number of alkyl halides is 2. The summed E-state index contributed by atoms with van der Waals surface area (Å²) in [4.78, 5) is 0. The monoisotopic (exact) mass is 205 g/mol. The van der Waals surface area contributed by atoms with Gasteiger partial charge in [-0.2, -0.15) is 8.78 Å². The molecule has 1 N–H and O–H groups in total. The summed E-state index contributed by atoms with van der Waals surface area (Å²) in [5, 5.41) is 2.74. The van der Waals surface area contributed by atoms with Crippen LogP contribution in [0.1, 0.15) is 6.92 Å². The highest BCUT2D eigenvalue weighted by Gasteiger charge is 2.07. The molecule has 0 atom stereocenters. The quantitative estimate of drug-likeness (QED) is 0.816. The highest BCUT2D eigenvalue weighted by Crippen LogP contribution is 2.21. The van der Waals surface area contributed by atoms with Crippen molar-refractivity contribution in [3.8, 4) is 5.75 Å². The highest BCUT2D eigenvalue weighted by molar-refractivity contribution is 5.47. The molecule has 5 heteroatoms. The van der Waals surface area contributed by atoms with Crippen LogP contribution in [0.3, 0.4) is 0 Å². The van der Waals surface area contributed by atoms with Crippen molar-refractivity contribution in [2.75, 3.05) is 11.9 Å². The van der Waals surface area contributed by atoms with Crippen molar-refractivity contribution < 1.29 is 17.9 Å². The molecule has 0 unspecified atom stereocenters. The Morgan fingerprint density at radius 1 is 1.43 bits per heavy atom. The van der Waals surface area contributed by atoms with E-state index in [0.717, 1.165) is 6.07 Å². The summed E-state index contributed by atoms with van der Waals surface area (Å²) in [5.74, 6) is -0.788. The molecular formula is C9H10F3NO. The first kappa shape index (κ1) is 10.7. The van der Waals surface area contributed by atoms with E-state index in [2.05, 4.69) is 10.1 Å². The van der Waals surface area contributed by atoms with Crippen molar-refractivity contribution in [3.63, 3.8) is 0 Å². The molecule has 14 heavy (non-hydrogen) atoms. The van der Waals surface area contributed by atoms with Crippen LogP contribution in [0.5, 0.6) is 5.75 Å². The summed E-state index contributed by atoms with van der Waals surface area (Å²) >= 11 is 0. The third-order valence-electron chi connectivity index (χ3n) is 1.53. The summed E-state index contributed by atoms with van der Waals surface area (Å²) in [6.45, 7) is -0.561. The number of hydrogen-bond acceptors (Lipinski definition) is 2. The Balaban J connectivity index is 2.78. The molecule has 78 valence electrons. The Bertz CT molecular complexity index is 304. The molecule has 0 aromatic heterocycles. The normalized spacial score (nSPS) is 10.4. The molecule has 0 aliphatic carbocycles. The zero-order valence-electron chi connectivity index (χ0n) is 7.56. The lowest BCUT2D eigenvalue weighted by Gasteiger charge is -2.07. The first-order chi connectivity index (χ1) is 6.63. The lowest BCUT2D eigenvalue weighted by Crippen LogP contribution is -2.03. The van der Waals surface area contributed by atoms with Crippen molar-refractivity contribution in [3.05, 3.63) is 24.0 Å². The molecule has 0 bridgehead atoms. The number of benzene rings is 1. The zero-order valence-corrected chi connectivity index (χ0v) is 7.56. The van der Waals surface area contributed by atoms with Crippen LogP contribution in [0.4, 0.5) is 18.9 Å². The summed E-state index contributed by atoms with van der Waals surface area (Å²) in [7, 11) is 0. The van der Waals surface area contributed by atoms with Crippen LogP contribution in [0.2, 0.25) is 0 Å². The average molecular weight is 205 g/mol. The fourth-order valence-electron chi connectivity index (χ4n) is 1.01. The molecule has 2 nitrogen and oxygen atoms in total. The van der Waals surface area contributed by atoms with Crippen molar-refractivity contribution in [2.24, 2.45) is 0 Å². The lowest BCUT2D eigenvalue weighted by atomic mass is 10.3. The standard InChI is InChI=1S/C9H10F3NO/c1-2-13-8-4-3-6(5-7(8)10)14-9(11)12/h3-5,9,13H,2H2,1H3. The van der Waals surface area contributed by atoms with Gasteiger partial charge in [-0.3, -0.25) is 0 Å². The minimum atomic E-state index is -2.93. The number of halogens is 3. The van der Waals surface area contributed by atoms with Crippen LogP contribution in [-0.2, 0) is 0 Å². The van der Waals surface area contributed by atoms with Gasteiger partial charge in [0.15, 0.2) is 0 Å². The largest absolute Gasteiger partial charge is 0.435 e. The Morgan fingerprint density at radius 2 is 2.14 bits per heavy atom. The van der Waals surface area contributed by atoms with E-state index in [9.17, 15) is 13.2 Å². The van der Waals surface area contributed by atoms with Crippen molar-refractivity contribution in [1.82, 2.24) is 0 Å². The van der Waals surface area contributed by atoms with E-state index in [1.54, 1.807) is 0 Å². The van der Waals surface area contributed by atoms with Crippen LogP contribution >= 0.6 is 0 Å². The van der Waals surface area contributed by atoms with Crippen molar-refractivity contribution >= 4 is 5.69 Å². The van der Waals surface area contributed by atoms with Gasteiger partial charge in [-0.1, -0.05) is 0 Å². The second-order valence-corrected chi connectivity index (χ2v) is 2.55. The maximum Gasteiger partial charge on any atom is 0.387 e. The summed E-state index contributed by atoms with van der Waals surface area (Å²) in [5.41, 5.74) is 0.272. The molecule has 0 aliphatic rings. The molecule has 1 rings (SSSR count). The SMILES string of the molecule is CCNc1ccc(OC(F)F)cc1F. The van der Waals surface area contributed by atoms with E-state index in [1.165, 1.54) is 12.1 Å². The van der Waals surface area contributed by atoms with Crippen LogP contribution in [0.25, 0.3) is 0 Å². The maximum atomic E-state index is 13.1. The summed E-state index contributed by atoms with van der Waals surface area (Å²) in [6, 6.07) is 3.56. The third kappa shape index (κ3) is 2.83. The lowest BCUT2D eigenvalue weighted by molar-refractivity contribution is -0.0499. The van der Waals surface area contributed by atoms with Gasteiger partial charge in [-0.15, -0.1) is 0 Å². The van der Waals surface area contributed by atoms with Crippen molar-refractivity contribution in [1.29, 1.82) is 0 Å². The molecule has 1 aromatic rings. The van der Waals surface area contributed by atoms with E-state index < -0.39 is 12.4 Å². The van der Waals surface area contributed by atoms with Crippen LogP contribution in [-0.4, -0.2) is 13.2 Å². The Morgan fingerprint density at radius 3 is 2.64 bits per heavy atom. The third-order valence-corrected chi connectivity index (χ3v) is 1.53. The van der Waals surface area contributed by atoms with E-state index >= 15 is 0 Å². The number of anilines is 1. The number of nitrogens with one attached hydrogen (secondary N) is 1. The van der Waals surface area contributed by atoms with E-state index in [0.29, 0.717) is 6.54 Å². The summed E-state index contributed by atoms with van der Waals surface area (Å²) < 4.78 is 40.6. The van der Waals surface area contributed by atoms with Gasteiger partial charge < -0.3 is 10.1 Å². The molecule has 1 aromatic carbocycles. The predicted molar refractivity (Wildman–Crippen MR) is 47.2 cm³/mol. The first-order valence-electron chi connectivity index (χ1n) is 4.11. The fraction of sp³-hybridized carbons (Fsp3) is 0.333. The van der Waals surface area contributed by atoms with Gasteiger partial charge in [0, 0.05) is 12.6 Å². The van der Waals surface area contributed by atoms with Gasteiger partial charge in [0.1, 0.15) is 11.6 Å². The van der Waals surface area contributed by atoms with E-state index in [-0.39, 0.29) is 11.4 Å². The van der Waals surface area contributed by atoms with Crippen molar-refractivity contribution in [2.45, 2.75) is 13.5 Å². The molecule has 0 amide bonds. The van der Waals surface area contributed by atoms with Gasteiger partial charge in [0.2, 0.25) is 0 Å². The number of ether oxygens (including phenoxy) is 1. The second-order valence-electron chi connectivity index (χ2n) is 2.55. The van der Waals surface area contributed by atoms with Crippen LogP contribution in [0.15, 0.2) is 18.2 Å². The fourth-order valence-corrected chi connectivity index (χ4v) is 1.01. The molecule has 0 saturated carbocycles. The number of hydrogen-bond donors (Lipinski definition) is 1. The highest BCUT2D eigenvalue weighted by atomic mass is 19.3. The van der Waals surface area contributed by atoms with E-state index in [1.807, 2.05) is 6.92 Å². The molecular weight excluding hydrogens is 195 g/mol. The second kappa shape index (κ2) is 4.74. The Kier molecular flexibility index (Phi) is 3.62. The number of rotatable bonds is 4. The Hall–Kier alpha value is -1.39. The predicted octanol–water partition coefficient (Wildman–Crippen LogP) is 2.86. The zero-order chi connectivity index (χ0) is 10.6. The van der Waals surface area contributed by atoms with Gasteiger partial charge in [0.25, 0.3) is 0 Å². The molecule has 0 heterocycles. The smallest absolute Gasteiger partial charge is 0.387 e. The summed E-state index contributed by atoms with van der Waals surface area (Å²) in [6.07, 6.45) is 0. The molecule has 0 saturated heterocycles. The molecule has 0 fully saturated rings. The van der Waals surface area contributed by atoms with Gasteiger partial charge in [-0.25, -0.2) is 4.39 Å². The van der Waals surface area contributed by atoms with Gasteiger partial charge in [-0.05, 0) is 19.1 Å². The maximum absolute atomic E-state index is 13.1. The minimum absolute atomic E-state index is 0.181. The van der Waals surface area contributed by atoms with Crippen LogP contribution in [0, 0.1) is 5.82 Å². The van der Waals surface area contributed by atoms with Crippen LogP contribution < -0.4 is 10.1 Å². The Labute approximate surface area is 79.7 Å². The first-order valence-corrected chi connectivity index (χ1v) is 4.11. The minimum Gasteiger partial charge on any atom is -0.435 e. The average Bonchev–Trinajstić information content (AvgIpc) is 2.09. The van der Waals surface area contributed by atoms with Gasteiger partial charge >= 0.3 is 6.61 Å². The van der Waals surface area contributed by atoms with E-state index in [4.69, 9.17) is 0 Å². The molecule has 0 radical (unpaired) electrons.